The molecule has 2 N–H and O–H groups in total. The Morgan fingerprint density at radius 1 is 1.00 bits per heavy atom. The number of amides is 1. The second-order valence-corrected chi connectivity index (χ2v) is 6.17. The van der Waals surface area contributed by atoms with E-state index in [2.05, 4.69) is 15.4 Å². The monoisotopic (exact) mass is 412 g/mol. The minimum atomic E-state index is -0.486. The van der Waals surface area contributed by atoms with E-state index >= 15 is 0 Å². The van der Waals surface area contributed by atoms with Gasteiger partial charge in [0.1, 0.15) is 0 Å². The maximum Gasteiger partial charge on any atom is 0.337 e. The highest BCUT2D eigenvalue weighted by molar-refractivity contribution is 7.80. The zero-order valence-corrected chi connectivity index (χ0v) is 16.1. The maximum atomic E-state index is 12.3. The largest absolute Gasteiger partial charge is 0.494 e. The second-order valence-electron chi connectivity index (χ2n) is 4.95. The van der Waals surface area contributed by atoms with Crippen molar-refractivity contribution >= 4 is 58.1 Å². The van der Waals surface area contributed by atoms with Gasteiger partial charge >= 0.3 is 5.97 Å². The third-order valence-electron chi connectivity index (χ3n) is 3.26. The molecule has 0 bridgehead atoms. The number of hydrogen-bond donors (Lipinski definition) is 2. The van der Waals surface area contributed by atoms with Gasteiger partial charge in [0.15, 0.2) is 10.9 Å². The Morgan fingerprint density at radius 3 is 2.08 bits per heavy atom. The average molecular weight is 413 g/mol. The van der Waals surface area contributed by atoms with Crippen LogP contribution in [0.4, 0.5) is 5.69 Å². The molecule has 0 saturated carbocycles. The number of carbonyl (C=O) groups is 2. The van der Waals surface area contributed by atoms with E-state index in [1.807, 2.05) is 0 Å². The van der Waals surface area contributed by atoms with E-state index in [-0.39, 0.29) is 26.5 Å². The van der Waals surface area contributed by atoms with Gasteiger partial charge in [0.2, 0.25) is 0 Å². The fraction of sp³-hybridized carbons (Fsp3) is 0.118. The third-order valence-corrected chi connectivity index (χ3v) is 4.02. The predicted octanol–water partition coefficient (Wildman–Crippen LogP) is 3.92. The van der Waals surface area contributed by atoms with Crippen LogP contribution >= 0.6 is 35.4 Å². The third kappa shape index (κ3) is 4.85. The van der Waals surface area contributed by atoms with Crippen molar-refractivity contribution in [1.82, 2.24) is 5.32 Å². The van der Waals surface area contributed by atoms with Crippen molar-refractivity contribution in [2.75, 3.05) is 19.5 Å². The van der Waals surface area contributed by atoms with E-state index in [0.29, 0.717) is 11.3 Å². The Morgan fingerprint density at radius 2 is 1.58 bits per heavy atom. The maximum absolute atomic E-state index is 12.3. The lowest BCUT2D eigenvalue weighted by molar-refractivity contribution is 0.0600. The van der Waals surface area contributed by atoms with Crippen molar-refractivity contribution in [3.63, 3.8) is 0 Å². The smallest absolute Gasteiger partial charge is 0.337 e. The number of carbonyl (C=O) groups excluding carboxylic acids is 2. The van der Waals surface area contributed by atoms with Gasteiger partial charge in [-0.1, -0.05) is 23.2 Å². The molecule has 0 saturated heterocycles. The van der Waals surface area contributed by atoms with E-state index < -0.39 is 11.9 Å². The summed E-state index contributed by atoms with van der Waals surface area (Å²) in [6.07, 6.45) is 0. The standard InChI is InChI=1S/C17H14Cl2N2O4S/c1-24-14-12(18)7-10(8-13(14)19)15(22)21-17(26)20-11-5-3-9(4-6-11)16(23)25-2/h3-8H,1-2H3,(H2,20,21,22,26). The Labute approximate surface area is 165 Å². The summed E-state index contributed by atoms with van der Waals surface area (Å²) in [7, 11) is 2.73. The predicted molar refractivity (Wildman–Crippen MR) is 104 cm³/mol. The Balaban J connectivity index is 2.03. The van der Waals surface area contributed by atoms with Crippen molar-refractivity contribution in [2.45, 2.75) is 0 Å². The Bertz CT molecular complexity index is 833. The van der Waals surface area contributed by atoms with Crippen molar-refractivity contribution < 1.29 is 19.1 Å². The van der Waals surface area contributed by atoms with E-state index in [9.17, 15) is 9.59 Å². The van der Waals surface area contributed by atoms with Crippen LogP contribution in [-0.4, -0.2) is 31.2 Å². The zero-order chi connectivity index (χ0) is 19.3. The molecule has 0 heterocycles. The lowest BCUT2D eigenvalue weighted by Crippen LogP contribution is -2.34. The summed E-state index contributed by atoms with van der Waals surface area (Å²) in [6, 6.07) is 9.26. The molecule has 9 heteroatoms. The van der Waals surface area contributed by atoms with E-state index in [1.54, 1.807) is 24.3 Å². The number of benzene rings is 2. The highest BCUT2D eigenvalue weighted by atomic mass is 35.5. The summed E-state index contributed by atoms with van der Waals surface area (Å²) in [5.74, 6) is -0.642. The SMILES string of the molecule is COC(=O)c1ccc(NC(=S)NC(=O)c2cc(Cl)c(OC)c(Cl)c2)cc1. The lowest BCUT2D eigenvalue weighted by atomic mass is 10.2. The topological polar surface area (TPSA) is 76.7 Å². The summed E-state index contributed by atoms with van der Waals surface area (Å²) in [5.41, 5.74) is 1.22. The van der Waals surface area contributed by atoms with Gasteiger partial charge in [-0.15, -0.1) is 0 Å². The number of rotatable bonds is 4. The number of ether oxygens (including phenoxy) is 2. The van der Waals surface area contributed by atoms with E-state index in [0.717, 1.165) is 0 Å². The molecular weight excluding hydrogens is 399 g/mol. The molecule has 1 amide bonds. The molecule has 6 nitrogen and oxygen atoms in total. The fourth-order valence-electron chi connectivity index (χ4n) is 2.03. The first-order valence-electron chi connectivity index (χ1n) is 7.19. The van der Waals surface area contributed by atoms with Crippen LogP contribution in [0.3, 0.4) is 0 Å². The highest BCUT2D eigenvalue weighted by Crippen LogP contribution is 2.33. The van der Waals surface area contributed by atoms with Gasteiger partial charge in [-0.2, -0.15) is 0 Å². The molecule has 0 aliphatic rings. The minimum absolute atomic E-state index is 0.0730. The number of methoxy groups -OCH3 is 2. The molecule has 2 aromatic rings. The Kier molecular flexibility index (Phi) is 6.79. The zero-order valence-electron chi connectivity index (χ0n) is 13.8. The first-order valence-corrected chi connectivity index (χ1v) is 8.36. The molecule has 0 aromatic heterocycles. The first-order chi connectivity index (χ1) is 12.3. The number of nitrogens with one attached hydrogen (secondary N) is 2. The van der Waals surface area contributed by atoms with Gasteiger partial charge in [0, 0.05) is 11.3 Å². The summed E-state index contributed by atoms with van der Waals surface area (Å²) in [5, 5.41) is 5.85. The van der Waals surface area contributed by atoms with Gasteiger partial charge in [0.05, 0.1) is 29.8 Å². The number of halogens is 2. The van der Waals surface area contributed by atoms with E-state index in [1.165, 1.54) is 26.4 Å². The van der Waals surface area contributed by atoms with Crippen molar-refractivity contribution in [2.24, 2.45) is 0 Å². The van der Waals surface area contributed by atoms with Gasteiger partial charge in [-0.25, -0.2) is 4.79 Å². The quantitative estimate of drug-likeness (QED) is 0.585. The van der Waals surface area contributed by atoms with Crippen molar-refractivity contribution in [3.05, 3.63) is 57.6 Å². The van der Waals surface area contributed by atoms with Crippen LogP contribution in [0, 0.1) is 0 Å². The molecule has 26 heavy (non-hydrogen) atoms. The second kappa shape index (κ2) is 8.84. The van der Waals surface area contributed by atoms with E-state index in [4.69, 9.17) is 40.2 Å². The van der Waals surface area contributed by atoms with Crippen LogP contribution < -0.4 is 15.4 Å². The highest BCUT2D eigenvalue weighted by Gasteiger charge is 2.14. The fourth-order valence-corrected chi connectivity index (χ4v) is 2.88. The molecule has 0 radical (unpaired) electrons. The van der Waals surface area contributed by atoms with Crippen molar-refractivity contribution in [1.29, 1.82) is 0 Å². The summed E-state index contributed by atoms with van der Waals surface area (Å²) in [6.45, 7) is 0. The number of anilines is 1. The lowest BCUT2D eigenvalue weighted by Gasteiger charge is -2.11. The molecule has 0 atom stereocenters. The van der Waals surface area contributed by atoms with Crippen molar-refractivity contribution in [3.8, 4) is 5.75 Å². The molecular formula is C17H14Cl2N2O4S. The first kappa shape index (κ1) is 20.0. The van der Waals surface area contributed by atoms with Crippen LogP contribution in [0.15, 0.2) is 36.4 Å². The molecule has 0 aliphatic carbocycles. The van der Waals surface area contributed by atoms with Crippen LogP contribution in [0.25, 0.3) is 0 Å². The Hall–Kier alpha value is -2.35. The average Bonchev–Trinajstić information content (AvgIpc) is 2.61. The molecule has 0 fully saturated rings. The van der Waals surface area contributed by atoms with Crippen LogP contribution in [0.2, 0.25) is 10.0 Å². The molecule has 0 aliphatic heterocycles. The molecule has 0 spiro atoms. The summed E-state index contributed by atoms with van der Waals surface area (Å²) < 4.78 is 9.66. The number of hydrogen-bond acceptors (Lipinski definition) is 5. The van der Waals surface area contributed by atoms with Gasteiger partial charge < -0.3 is 14.8 Å². The van der Waals surface area contributed by atoms with Gasteiger partial charge in [-0.05, 0) is 48.6 Å². The molecule has 136 valence electrons. The normalized spacial score (nSPS) is 10.0. The number of thiocarbonyl (C=S) groups is 1. The van der Waals surface area contributed by atoms with Crippen LogP contribution in [0.5, 0.6) is 5.75 Å². The molecule has 2 rings (SSSR count). The molecule has 0 unspecified atom stereocenters. The summed E-state index contributed by atoms with van der Waals surface area (Å²) >= 11 is 17.2. The molecule has 2 aromatic carbocycles. The van der Waals surface area contributed by atoms with Gasteiger partial charge in [-0.3, -0.25) is 10.1 Å². The van der Waals surface area contributed by atoms with Crippen LogP contribution in [0.1, 0.15) is 20.7 Å². The number of esters is 1. The van der Waals surface area contributed by atoms with Gasteiger partial charge in [0.25, 0.3) is 5.91 Å². The summed E-state index contributed by atoms with van der Waals surface area (Å²) in [4.78, 5) is 23.7. The minimum Gasteiger partial charge on any atom is -0.494 e. The van der Waals surface area contributed by atoms with Crippen LogP contribution in [-0.2, 0) is 4.74 Å².